The molecule has 0 aromatic heterocycles. The van der Waals surface area contributed by atoms with Crippen molar-refractivity contribution in [2.24, 2.45) is 11.8 Å². The average Bonchev–Trinajstić information content (AvgIpc) is 2.81. The van der Waals surface area contributed by atoms with E-state index < -0.39 is 10.2 Å². The molecule has 1 amide bonds. The molecule has 0 aliphatic carbocycles. The molecule has 0 spiro atoms. The van der Waals surface area contributed by atoms with Gasteiger partial charge in [-0.15, -0.1) is 0 Å². The third-order valence-electron chi connectivity index (χ3n) is 7.43. The van der Waals surface area contributed by atoms with E-state index in [9.17, 15) is 13.2 Å². The van der Waals surface area contributed by atoms with Crippen molar-refractivity contribution in [1.82, 2.24) is 13.5 Å². The van der Waals surface area contributed by atoms with Crippen molar-refractivity contribution in [1.29, 1.82) is 0 Å². The van der Waals surface area contributed by atoms with Gasteiger partial charge in [0.2, 0.25) is 5.91 Å². The number of anilines is 1. The maximum absolute atomic E-state index is 13.3. The number of benzene rings is 1. The van der Waals surface area contributed by atoms with Crippen LogP contribution in [-0.2, 0) is 15.0 Å². The first kappa shape index (κ1) is 23.5. The molecule has 8 heteroatoms. The van der Waals surface area contributed by atoms with Gasteiger partial charge in [-0.1, -0.05) is 19.1 Å². The van der Waals surface area contributed by atoms with E-state index >= 15 is 0 Å². The van der Waals surface area contributed by atoms with Gasteiger partial charge < -0.3 is 9.80 Å². The Kier molecular flexibility index (Phi) is 7.12. The summed E-state index contributed by atoms with van der Waals surface area (Å²) in [5.74, 6) is 0.478. The lowest BCUT2D eigenvalue weighted by molar-refractivity contribution is -0.137. The zero-order chi connectivity index (χ0) is 22.9. The van der Waals surface area contributed by atoms with Crippen molar-refractivity contribution in [3.8, 4) is 0 Å². The lowest BCUT2D eigenvalue weighted by Crippen LogP contribution is -2.55. The van der Waals surface area contributed by atoms with Crippen molar-refractivity contribution < 1.29 is 13.2 Å². The van der Waals surface area contributed by atoms with E-state index in [0.717, 1.165) is 38.8 Å². The van der Waals surface area contributed by atoms with Gasteiger partial charge in [0.05, 0.1) is 5.92 Å². The second kappa shape index (κ2) is 9.69. The van der Waals surface area contributed by atoms with Gasteiger partial charge in [0.25, 0.3) is 10.2 Å². The first-order valence-corrected chi connectivity index (χ1v) is 13.5. The van der Waals surface area contributed by atoms with E-state index in [4.69, 9.17) is 0 Å². The molecule has 3 heterocycles. The van der Waals surface area contributed by atoms with E-state index in [1.54, 1.807) is 8.61 Å². The molecule has 0 saturated carbocycles. The second-order valence-corrected chi connectivity index (χ2v) is 11.8. The Morgan fingerprint density at radius 3 is 2.28 bits per heavy atom. The Hall–Kier alpha value is -1.64. The number of carbonyl (C=O) groups excluding carboxylic acids is 1. The van der Waals surface area contributed by atoms with E-state index in [1.165, 1.54) is 16.8 Å². The minimum atomic E-state index is -3.47. The van der Waals surface area contributed by atoms with Crippen LogP contribution in [0, 0.1) is 25.7 Å². The lowest BCUT2D eigenvalue weighted by atomic mass is 9.97. The SMILES string of the molecule is Cc1ccc(C)c(N2CCN(C(=O)C3CCCN(S(=O)(=O)N4CCC(C)CC4)C3)CC2)c1. The summed E-state index contributed by atoms with van der Waals surface area (Å²) >= 11 is 0. The van der Waals surface area contributed by atoms with Crippen molar-refractivity contribution in [3.05, 3.63) is 29.3 Å². The fourth-order valence-corrected chi connectivity index (χ4v) is 6.95. The molecule has 3 aliphatic rings. The molecule has 1 aromatic carbocycles. The van der Waals surface area contributed by atoms with Crippen molar-refractivity contribution in [2.75, 3.05) is 57.3 Å². The van der Waals surface area contributed by atoms with E-state index in [2.05, 4.69) is 43.9 Å². The Labute approximate surface area is 193 Å². The quantitative estimate of drug-likeness (QED) is 0.690. The van der Waals surface area contributed by atoms with Crippen LogP contribution >= 0.6 is 0 Å². The number of piperidine rings is 2. The maximum Gasteiger partial charge on any atom is 0.281 e. The van der Waals surface area contributed by atoms with Crippen LogP contribution in [0.25, 0.3) is 0 Å². The summed E-state index contributed by atoms with van der Waals surface area (Å²) in [6.07, 6.45) is 3.36. The summed E-state index contributed by atoms with van der Waals surface area (Å²) in [4.78, 5) is 17.6. The summed E-state index contributed by atoms with van der Waals surface area (Å²) in [6.45, 7) is 11.5. The fourth-order valence-electron chi connectivity index (χ4n) is 5.22. The van der Waals surface area contributed by atoms with Crippen LogP contribution in [0.4, 0.5) is 5.69 Å². The monoisotopic (exact) mass is 462 g/mol. The van der Waals surface area contributed by atoms with Gasteiger partial charge in [-0.25, -0.2) is 0 Å². The number of amides is 1. The highest BCUT2D eigenvalue weighted by molar-refractivity contribution is 7.86. The first-order valence-electron chi connectivity index (χ1n) is 12.1. The summed E-state index contributed by atoms with van der Waals surface area (Å²) in [5, 5.41) is 0. The number of hydrogen-bond acceptors (Lipinski definition) is 4. The predicted octanol–water partition coefficient (Wildman–Crippen LogP) is 2.64. The van der Waals surface area contributed by atoms with E-state index in [1.807, 2.05) is 4.90 Å². The lowest BCUT2D eigenvalue weighted by Gasteiger charge is -2.41. The Balaban J connectivity index is 1.35. The normalized spacial score (nSPS) is 24.7. The molecule has 3 fully saturated rings. The van der Waals surface area contributed by atoms with Crippen molar-refractivity contribution in [2.45, 2.75) is 46.5 Å². The van der Waals surface area contributed by atoms with Gasteiger partial charge in [-0.3, -0.25) is 4.79 Å². The van der Waals surface area contributed by atoms with Crippen LogP contribution in [0.1, 0.15) is 43.7 Å². The largest absolute Gasteiger partial charge is 0.368 e. The number of hydrogen-bond donors (Lipinski definition) is 0. The first-order chi connectivity index (χ1) is 15.3. The molecule has 32 heavy (non-hydrogen) atoms. The van der Waals surface area contributed by atoms with E-state index in [-0.39, 0.29) is 11.8 Å². The average molecular weight is 463 g/mol. The molecule has 4 rings (SSSR count). The van der Waals surface area contributed by atoms with Crippen LogP contribution in [0.3, 0.4) is 0 Å². The second-order valence-electron chi connectivity index (χ2n) is 9.89. The molecule has 0 N–H and O–H groups in total. The third-order valence-corrected chi connectivity index (χ3v) is 9.43. The molecule has 7 nitrogen and oxygen atoms in total. The van der Waals surface area contributed by atoms with Gasteiger partial charge in [0.15, 0.2) is 0 Å². The highest BCUT2D eigenvalue weighted by Gasteiger charge is 2.38. The van der Waals surface area contributed by atoms with Crippen LogP contribution in [0.2, 0.25) is 0 Å². The Morgan fingerprint density at radius 1 is 0.906 bits per heavy atom. The fraction of sp³-hybridized carbons (Fsp3) is 0.708. The highest BCUT2D eigenvalue weighted by atomic mass is 32.2. The molecule has 3 aliphatic heterocycles. The number of carbonyl (C=O) groups is 1. The smallest absolute Gasteiger partial charge is 0.281 e. The number of aryl methyl sites for hydroxylation is 2. The van der Waals surface area contributed by atoms with Gasteiger partial charge in [0, 0.05) is 58.0 Å². The van der Waals surface area contributed by atoms with Crippen LogP contribution in [-0.4, -0.2) is 80.2 Å². The molecule has 1 unspecified atom stereocenters. The zero-order valence-corrected chi connectivity index (χ0v) is 20.6. The molecule has 0 bridgehead atoms. The summed E-state index contributed by atoms with van der Waals surface area (Å²) in [5.41, 5.74) is 3.76. The van der Waals surface area contributed by atoms with Crippen LogP contribution in [0.15, 0.2) is 18.2 Å². The van der Waals surface area contributed by atoms with Crippen LogP contribution < -0.4 is 4.90 Å². The Bertz CT molecular complexity index is 919. The predicted molar refractivity (Wildman–Crippen MR) is 128 cm³/mol. The summed E-state index contributed by atoms with van der Waals surface area (Å²) in [6, 6.07) is 6.51. The maximum atomic E-state index is 13.3. The topological polar surface area (TPSA) is 64.2 Å². The molecule has 1 atom stereocenters. The summed E-state index contributed by atoms with van der Waals surface area (Å²) < 4.78 is 29.5. The van der Waals surface area contributed by atoms with Gasteiger partial charge in [0.1, 0.15) is 0 Å². The van der Waals surface area contributed by atoms with Gasteiger partial charge in [-0.05, 0) is 62.6 Å². The number of nitrogens with zero attached hydrogens (tertiary/aromatic N) is 4. The highest BCUT2D eigenvalue weighted by Crippen LogP contribution is 2.27. The summed E-state index contributed by atoms with van der Waals surface area (Å²) in [7, 11) is -3.47. The number of rotatable bonds is 4. The minimum absolute atomic E-state index is 0.123. The zero-order valence-electron chi connectivity index (χ0n) is 19.8. The minimum Gasteiger partial charge on any atom is -0.368 e. The molecular formula is C24H38N4O3S. The van der Waals surface area contributed by atoms with Crippen molar-refractivity contribution >= 4 is 21.8 Å². The molecule has 3 saturated heterocycles. The molecule has 1 aromatic rings. The van der Waals surface area contributed by atoms with Crippen molar-refractivity contribution in [3.63, 3.8) is 0 Å². The van der Waals surface area contributed by atoms with Gasteiger partial charge >= 0.3 is 0 Å². The third kappa shape index (κ3) is 4.97. The van der Waals surface area contributed by atoms with E-state index in [0.29, 0.717) is 45.2 Å². The van der Waals surface area contributed by atoms with Gasteiger partial charge in [-0.2, -0.15) is 17.0 Å². The molecule has 0 radical (unpaired) electrons. The number of piperazine rings is 1. The van der Waals surface area contributed by atoms with Crippen LogP contribution in [0.5, 0.6) is 0 Å². The Morgan fingerprint density at radius 2 is 1.59 bits per heavy atom. The molecular weight excluding hydrogens is 424 g/mol. The standard InChI is InChI=1S/C24H38N4O3S/c1-19-8-11-27(12-9-19)32(30,31)28-10-4-5-22(18-28)24(29)26-15-13-25(14-16-26)23-17-20(2)6-7-21(23)3/h6-7,17,19,22H,4-5,8-16,18H2,1-3H3. The molecule has 178 valence electrons.